The van der Waals surface area contributed by atoms with Gasteiger partial charge < -0.3 is 10.1 Å². The van der Waals surface area contributed by atoms with Crippen molar-refractivity contribution in [3.8, 4) is 5.75 Å². The first-order valence-electron chi connectivity index (χ1n) is 8.63. The van der Waals surface area contributed by atoms with Crippen LogP contribution < -0.4 is 20.1 Å². The van der Waals surface area contributed by atoms with E-state index < -0.39 is 0 Å². The molecule has 146 valence electrons. The molecule has 0 aliphatic rings. The van der Waals surface area contributed by atoms with Crippen LogP contribution in [-0.2, 0) is 4.79 Å². The molecule has 2 aromatic carbocycles. The first kappa shape index (κ1) is 19.1. The van der Waals surface area contributed by atoms with Gasteiger partial charge in [0, 0.05) is 16.3 Å². The van der Waals surface area contributed by atoms with Crippen LogP contribution in [-0.4, -0.2) is 27.1 Å². The van der Waals surface area contributed by atoms with E-state index in [1.54, 1.807) is 24.3 Å². The molecule has 2 aromatic heterocycles. The van der Waals surface area contributed by atoms with Crippen LogP contribution >= 0.6 is 22.9 Å². The summed E-state index contributed by atoms with van der Waals surface area (Å²) in [5, 5.41) is 7.16. The molecule has 1 amide bonds. The van der Waals surface area contributed by atoms with E-state index in [0.29, 0.717) is 31.5 Å². The Hall–Kier alpha value is -3.23. The highest BCUT2D eigenvalue weighted by molar-refractivity contribution is 7.15. The van der Waals surface area contributed by atoms with Crippen molar-refractivity contribution in [1.29, 1.82) is 0 Å². The van der Waals surface area contributed by atoms with E-state index in [9.17, 15) is 9.59 Å². The SMILES string of the molecule is Cc1ccc(NC(=O)COc2ccc(Cl)cc2/C=c2\sc3ncnn3c2=O)cc1. The molecule has 0 atom stereocenters. The minimum absolute atomic E-state index is 0.185. The number of aromatic nitrogens is 3. The molecular formula is C20H15ClN4O3S. The smallest absolute Gasteiger partial charge is 0.291 e. The zero-order valence-electron chi connectivity index (χ0n) is 15.3. The summed E-state index contributed by atoms with van der Waals surface area (Å²) in [6.07, 6.45) is 2.99. The number of thiazole rings is 1. The molecule has 0 fully saturated rings. The van der Waals surface area contributed by atoms with Gasteiger partial charge in [-0.2, -0.15) is 9.61 Å². The third-order valence-corrected chi connectivity index (χ3v) is 5.28. The summed E-state index contributed by atoms with van der Waals surface area (Å²) in [5.74, 6) is 0.143. The highest BCUT2D eigenvalue weighted by Gasteiger charge is 2.10. The van der Waals surface area contributed by atoms with E-state index in [1.807, 2.05) is 31.2 Å². The molecule has 0 spiro atoms. The Kier molecular flexibility index (Phi) is 5.28. The van der Waals surface area contributed by atoms with Gasteiger partial charge in [0.1, 0.15) is 12.1 Å². The maximum Gasteiger partial charge on any atom is 0.291 e. The van der Waals surface area contributed by atoms with Crippen LogP contribution in [0.25, 0.3) is 11.0 Å². The number of amides is 1. The molecule has 0 aliphatic heterocycles. The van der Waals surface area contributed by atoms with Crippen LogP contribution in [0.15, 0.2) is 53.6 Å². The number of nitrogens with one attached hydrogen (secondary N) is 1. The van der Waals surface area contributed by atoms with E-state index in [-0.39, 0.29) is 18.1 Å². The van der Waals surface area contributed by atoms with Crippen LogP contribution in [0.3, 0.4) is 0 Å². The molecule has 0 bridgehead atoms. The third kappa shape index (κ3) is 4.28. The summed E-state index contributed by atoms with van der Waals surface area (Å²) < 4.78 is 7.35. The minimum Gasteiger partial charge on any atom is -0.483 e. The number of carbonyl (C=O) groups excluding carboxylic acids is 1. The summed E-state index contributed by atoms with van der Waals surface area (Å²) >= 11 is 7.31. The van der Waals surface area contributed by atoms with Gasteiger partial charge in [0.2, 0.25) is 4.96 Å². The topological polar surface area (TPSA) is 85.6 Å². The van der Waals surface area contributed by atoms with Crippen molar-refractivity contribution < 1.29 is 9.53 Å². The fourth-order valence-corrected chi connectivity index (χ4v) is 3.71. The van der Waals surface area contributed by atoms with Crippen molar-refractivity contribution in [2.24, 2.45) is 0 Å². The molecule has 9 heteroatoms. The third-order valence-electron chi connectivity index (χ3n) is 4.07. The van der Waals surface area contributed by atoms with Crippen LogP contribution in [0.5, 0.6) is 5.75 Å². The van der Waals surface area contributed by atoms with Crippen molar-refractivity contribution >= 4 is 45.6 Å². The van der Waals surface area contributed by atoms with E-state index in [2.05, 4.69) is 15.4 Å². The van der Waals surface area contributed by atoms with Crippen LogP contribution in [0.4, 0.5) is 5.69 Å². The summed E-state index contributed by atoms with van der Waals surface area (Å²) in [4.78, 5) is 29.1. The Morgan fingerprint density at radius 1 is 1.28 bits per heavy atom. The molecular weight excluding hydrogens is 412 g/mol. The number of nitrogens with zero attached hydrogens (tertiary/aromatic N) is 3. The quantitative estimate of drug-likeness (QED) is 0.530. The molecule has 0 saturated carbocycles. The molecule has 0 radical (unpaired) electrons. The largest absolute Gasteiger partial charge is 0.483 e. The van der Waals surface area contributed by atoms with E-state index >= 15 is 0 Å². The molecule has 0 unspecified atom stereocenters. The van der Waals surface area contributed by atoms with Gasteiger partial charge in [0.25, 0.3) is 11.5 Å². The number of anilines is 1. The van der Waals surface area contributed by atoms with E-state index in [0.717, 1.165) is 5.56 Å². The Balaban J connectivity index is 1.55. The van der Waals surface area contributed by atoms with Crippen LogP contribution in [0, 0.1) is 6.92 Å². The zero-order chi connectivity index (χ0) is 20.4. The number of halogens is 1. The fourth-order valence-electron chi connectivity index (χ4n) is 2.66. The lowest BCUT2D eigenvalue weighted by Crippen LogP contribution is -2.24. The molecule has 4 aromatic rings. The van der Waals surface area contributed by atoms with Gasteiger partial charge in [0.15, 0.2) is 6.61 Å². The predicted molar refractivity (Wildman–Crippen MR) is 113 cm³/mol. The number of aryl methyl sites for hydroxylation is 1. The van der Waals surface area contributed by atoms with Gasteiger partial charge in [-0.3, -0.25) is 9.59 Å². The summed E-state index contributed by atoms with van der Waals surface area (Å²) in [6, 6.07) is 12.5. The Labute approximate surface area is 174 Å². The average molecular weight is 427 g/mol. The van der Waals surface area contributed by atoms with Crippen LogP contribution in [0.1, 0.15) is 11.1 Å². The average Bonchev–Trinajstić information content (AvgIpc) is 3.26. The number of carbonyl (C=O) groups is 1. The second-order valence-corrected chi connectivity index (χ2v) is 7.70. The normalized spacial score (nSPS) is 11.7. The monoisotopic (exact) mass is 426 g/mol. The standard InChI is InChI=1S/C20H15ClN4O3S/c1-12-2-5-15(6-3-12)24-18(26)10-28-16-7-4-14(21)8-13(16)9-17-19(27)25-20(29-17)22-11-23-25/h2-9,11H,10H2,1H3,(H,24,26)/b17-9-. The fraction of sp³-hybridized carbons (Fsp3) is 0.100. The van der Waals surface area contributed by atoms with Crippen molar-refractivity contribution in [3.05, 3.63) is 79.8 Å². The van der Waals surface area contributed by atoms with Gasteiger partial charge in [0.05, 0.1) is 4.53 Å². The first-order chi connectivity index (χ1) is 14.0. The van der Waals surface area contributed by atoms with Gasteiger partial charge in [-0.15, -0.1) is 0 Å². The lowest BCUT2D eigenvalue weighted by molar-refractivity contribution is -0.118. The number of benzene rings is 2. The zero-order valence-corrected chi connectivity index (χ0v) is 16.8. The van der Waals surface area contributed by atoms with Gasteiger partial charge in [-0.25, -0.2) is 4.98 Å². The lowest BCUT2D eigenvalue weighted by atomic mass is 10.2. The second kappa shape index (κ2) is 8.02. The van der Waals surface area contributed by atoms with Crippen LogP contribution in [0.2, 0.25) is 5.02 Å². The number of ether oxygens (including phenoxy) is 1. The number of rotatable bonds is 5. The molecule has 29 heavy (non-hydrogen) atoms. The minimum atomic E-state index is -0.293. The van der Waals surface area contributed by atoms with E-state index in [4.69, 9.17) is 16.3 Å². The van der Waals surface area contributed by atoms with Crippen molar-refractivity contribution in [2.45, 2.75) is 6.92 Å². The van der Waals surface area contributed by atoms with Crippen molar-refractivity contribution in [2.75, 3.05) is 11.9 Å². The van der Waals surface area contributed by atoms with Gasteiger partial charge in [-0.05, 0) is 43.3 Å². The van der Waals surface area contributed by atoms with Gasteiger partial charge in [-0.1, -0.05) is 40.6 Å². The van der Waals surface area contributed by atoms with Crippen molar-refractivity contribution in [3.63, 3.8) is 0 Å². The molecule has 4 rings (SSSR count). The van der Waals surface area contributed by atoms with Gasteiger partial charge >= 0.3 is 0 Å². The number of hydrogen-bond donors (Lipinski definition) is 1. The number of hydrogen-bond acceptors (Lipinski definition) is 6. The number of fused-ring (bicyclic) bond motifs is 1. The molecule has 1 N–H and O–H groups in total. The Morgan fingerprint density at radius 2 is 2.07 bits per heavy atom. The summed E-state index contributed by atoms with van der Waals surface area (Å²) in [6.45, 7) is 1.79. The Bertz CT molecular complexity index is 1300. The maximum absolute atomic E-state index is 12.4. The Morgan fingerprint density at radius 3 is 2.83 bits per heavy atom. The molecule has 0 aliphatic carbocycles. The highest BCUT2D eigenvalue weighted by Crippen LogP contribution is 2.24. The predicted octanol–water partition coefficient (Wildman–Crippen LogP) is 2.68. The van der Waals surface area contributed by atoms with E-state index in [1.165, 1.54) is 22.2 Å². The molecule has 7 nitrogen and oxygen atoms in total. The maximum atomic E-state index is 12.4. The molecule has 2 heterocycles. The lowest BCUT2D eigenvalue weighted by Gasteiger charge is -2.10. The summed E-state index contributed by atoms with van der Waals surface area (Å²) in [5.41, 5.74) is 2.11. The molecule has 0 saturated heterocycles. The van der Waals surface area contributed by atoms with Crippen molar-refractivity contribution in [1.82, 2.24) is 14.6 Å². The summed E-state index contributed by atoms with van der Waals surface area (Å²) in [7, 11) is 0. The second-order valence-electron chi connectivity index (χ2n) is 6.26. The highest BCUT2D eigenvalue weighted by atomic mass is 35.5. The first-order valence-corrected chi connectivity index (χ1v) is 9.82.